The van der Waals surface area contributed by atoms with E-state index in [9.17, 15) is 0 Å². The highest BCUT2D eigenvalue weighted by Crippen LogP contribution is 2.57. The van der Waals surface area contributed by atoms with Crippen LogP contribution >= 0.6 is 0 Å². The number of anilines is 6. The fraction of sp³-hybridized carbons (Fsp3) is 0.483. The Morgan fingerprint density at radius 1 is 0.410 bits per heavy atom. The molecule has 61 heavy (non-hydrogen) atoms. The molecular weight excluding hydrogens is 735 g/mol. The zero-order chi connectivity index (χ0) is 44.1. The first-order valence-electron chi connectivity index (χ1n) is 23.4. The molecule has 0 saturated heterocycles. The smallest absolute Gasteiger partial charge is 0.252 e. The Hall–Kier alpha value is -4.24. The zero-order valence-corrected chi connectivity index (χ0v) is 40.9. The van der Waals surface area contributed by atoms with Crippen LogP contribution in [0.5, 0.6) is 0 Å². The summed E-state index contributed by atoms with van der Waals surface area (Å²) in [6.07, 6.45) is 3.46. The summed E-state index contributed by atoms with van der Waals surface area (Å²) in [5, 5.41) is 0. The highest BCUT2D eigenvalue weighted by molar-refractivity contribution is 7.00. The van der Waals surface area contributed by atoms with Crippen LogP contribution < -0.4 is 26.2 Å². The van der Waals surface area contributed by atoms with Crippen molar-refractivity contribution in [1.29, 1.82) is 0 Å². The Balaban J connectivity index is 1.34. The van der Waals surface area contributed by atoms with E-state index in [4.69, 9.17) is 0 Å². The Morgan fingerprint density at radius 3 is 1.20 bits per heavy atom. The third-order valence-corrected chi connectivity index (χ3v) is 16.4. The van der Waals surface area contributed by atoms with Crippen LogP contribution in [-0.4, -0.2) is 6.71 Å². The third-order valence-electron chi connectivity index (χ3n) is 16.4. The van der Waals surface area contributed by atoms with Crippen LogP contribution in [0.2, 0.25) is 0 Å². The molecule has 10 rings (SSSR count). The number of aryl methyl sites for hydroxylation is 3. The summed E-state index contributed by atoms with van der Waals surface area (Å²) in [4.78, 5) is 5.42. The molecule has 5 aromatic carbocycles. The van der Waals surface area contributed by atoms with Crippen molar-refractivity contribution in [3.8, 4) is 0 Å². The van der Waals surface area contributed by atoms with Crippen LogP contribution in [-0.2, 0) is 37.9 Å². The zero-order valence-electron chi connectivity index (χ0n) is 40.9. The predicted octanol–water partition coefficient (Wildman–Crippen LogP) is 13.9. The molecule has 2 aliphatic heterocycles. The second-order valence-electron chi connectivity index (χ2n) is 25.5. The fourth-order valence-corrected chi connectivity index (χ4v) is 14.3. The predicted molar refractivity (Wildman–Crippen MR) is 265 cm³/mol. The monoisotopic (exact) mass is 807 g/mol. The third kappa shape index (κ3) is 5.66. The van der Waals surface area contributed by atoms with Crippen LogP contribution in [0.1, 0.15) is 179 Å². The van der Waals surface area contributed by atoms with Crippen molar-refractivity contribution >= 4 is 57.2 Å². The quantitative estimate of drug-likeness (QED) is 0.161. The van der Waals surface area contributed by atoms with Crippen molar-refractivity contribution in [1.82, 2.24) is 0 Å². The highest BCUT2D eigenvalue weighted by Gasteiger charge is 2.50. The summed E-state index contributed by atoms with van der Waals surface area (Å²) in [5.74, 6) is 0. The van der Waals surface area contributed by atoms with Crippen molar-refractivity contribution in [3.63, 3.8) is 0 Å². The van der Waals surface area contributed by atoms with Gasteiger partial charge in [0, 0.05) is 34.1 Å². The summed E-state index contributed by atoms with van der Waals surface area (Å²) in [7, 11) is 0. The summed E-state index contributed by atoms with van der Waals surface area (Å²) in [5.41, 5.74) is 27.4. The molecule has 316 valence electrons. The summed E-state index contributed by atoms with van der Waals surface area (Å²) in [6, 6.07) is 28.2. The lowest BCUT2D eigenvalue weighted by Gasteiger charge is -2.46. The van der Waals surface area contributed by atoms with E-state index >= 15 is 0 Å². The maximum absolute atomic E-state index is 2.73. The van der Waals surface area contributed by atoms with Crippen LogP contribution in [0, 0.1) is 20.8 Å². The average molecular weight is 807 g/mol. The molecule has 5 aliphatic rings. The van der Waals surface area contributed by atoms with Gasteiger partial charge in [0.1, 0.15) is 0 Å². The van der Waals surface area contributed by atoms with Crippen molar-refractivity contribution in [3.05, 3.63) is 122 Å². The van der Waals surface area contributed by atoms with E-state index in [0.29, 0.717) is 0 Å². The molecule has 2 nitrogen and oxygen atoms in total. The number of hydrogen-bond donors (Lipinski definition) is 0. The van der Waals surface area contributed by atoms with Gasteiger partial charge in [-0.15, -0.1) is 0 Å². The Labute approximate surface area is 369 Å². The van der Waals surface area contributed by atoms with Gasteiger partial charge in [-0.2, -0.15) is 0 Å². The molecule has 0 aromatic heterocycles. The minimum absolute atomic E-state index is 0.00489. The van der Waals surface area contributed by atoms with Crippen LogP contribution in [0.25, 0.3) is 0 Å². The van der Waals surface area contributed by atoms with Gasteiger partial charge in [0.25, 0.3) is 6.71 Å². The Morgan fingerprint density at radius 2 is 0.770 bits per heavy atom. The lowest BCUT2D eigenvalue weighted by molar-refractivity contribution is 0.402. The lowest BCUT2D eigenvalue weighted by Crippen LogP contribution is -2.62. The Bertz CT molecular complexity index is 2760. The molecule has 3 aliphatic carbocycles. The topological polar surface area (TPSA) is 6.48 Å². The fourth-order valence-electron chi connectivity index (χ4n) is 14.3. The highest BCUT2D eigenvalue weighted by atomic mass is 15.2. The molecule has 0 radical (unpaired) electrons. The van der Waals surface area contributed by atoms with Gasteiger partial charge >= 0.3 is 0 Å². The second kappa shape index (κ2) is 12.1. The summed E-state index contributed by atoms with van der Waals surface area (Å²) >= 11 is 0. The molecule has 2 heterocycles. The average Bonchev–Trinajstić information content (AvgIpc) is 3.51. The van der Waals surface area contributed by atoms with Gasteiger partial charge in [-0.1, -0.05) is 134 Å². The van der Waals surface area contributed by atoms with Gasteiger partial charge in [0.15, 0.2) is 0 Å². The minimum atomic E-state index is 0.00489. The summed E-state index contributed by atoms with van der Waals surface area (Å²) in [6.45, 7) is 43.8. The number of fused-ring (bicyclic) bond motifs is 7. The molecule has 0 saturated carbocycles. The lowest BCUT2D eigenvalue weighted by atomic mass is 9.33. The second-order valence-corrected chi connectivity index (χ2v) is 25.5. The number of nitrogens with zero attached hydrogens (tertiary/aromatic N) is 2. The van der Waals surface area contributed by atoms with Gasteiger partial charge in [-0.3, -0.25) is 0 Å². The maximum atomic E-state index is 2.73. The maximum Gasteiger partial charge on any atom is 0.252 e. The van der Waals surface area contributed by atoms with Gasteiger partial charge in [0.2, 0.25) is 0 Å². The molecule has 0 amide bonds. The molecular formula is C58H71BN2. The van der Waals surface area contributed by atoms with Crippen molar-refractivity contribution in [2.45, 2.75) is 182 Å². The van der Waals surface area contributed by atoms with Gasteiger partial charge in [-0.05, 0) is 186 Å². The SMILES string of the molecule is Cc1cc2c3c(c1)N(c1cc4c(cc1C)C(C)(C)CC4(C)C)c1cc4c(cc1B3c1cc(C(C)(C)C)ccc1N2c1cc2c(cc1C)C(C)(C)CC2(C)C)C(C)(C)CC4(C)C. The van der Waals surface area contributed by atoms with Crippen LogP contribution in [0.4, 0.5) is 34.1 Å². The molecule has 0 atom stereocenters. The van der Waals surface area contributed by atoms with E-state index in [0.717, 1.165) is 19.3 Å². The number of benzene rings is 5. The van der Waals surface area contributed by atoms with Crippen molar-refractivity contribution in [2.24, 2.45) is 0 Å². The largest absolute Gasteiger partial charge is 0.311 e. The standard InChI is InChI=1S/C58H71BN2/c1-33-21-49-51-50(22-33)61(47-28-41-38(24-35(47)3)54(9,10)31-57(41,15)16)48-29-42-39(55(11,12)32-58(42,17)18)26-44(48)59(51)43-25-36(52(4,5)6)19-20-45(43)60(49)46-27-40-37(23-34(46)2)53(7,8)30-56(40,13)14/h19-29H,30-32H2,1-18H3. The van der Waals surface area contributed by atoms with E-state index in [1.54, 1.807) is 0 Å². The van der Waals surface area contributed by atoms with E-state index in [1.165, 1.54) is 106 Å². The molecule has 0 spiro atoms. The summed E-state index contributed by atoms with van der Waals surface area (Å²) < 4.78 is 0. The van der Waals surface area contributed by atoms with Crippen LogP contribution in [0.3, 0.4) is 0 Å². The Kier molecular flexibility index (Phi) is 8.07. The molecule has 0 fully saturated rings. The van der Waals surface area contributed by atoms with Crippen molar-refractivity contribution in [2.75, 3.05) is 9.80 Å². The van der Waals surface area contributed by atoms with E-state index < -0.39 is 0 Å². The van der Waals surface area contributed by atoms with E-state index in [1.807, 2.05) is 0 Å². The van der Waals surface area contributed by atoms with Gasteiger partial charge < -0.3 is 9.80 Å². The van der Waals surface area contributed by atoms with E-state index in [-0.39, 0.29) is 44.6 Å². The van der Waals surface area contributed by atoms with Crippen molar-refractivity contribution < 1.29 is 0 Å². The molecule has 0 N–H and O–H groups in total. The minimum Gasteiger partial charge on any atom is -0.311 e. The molecule has 0 bridgehead atoms. The van der Waals surface area contributed by atoms with Gasteiger partial charge in [-0.25, -0.2) is 0 Å². The normalized spacial score (nSPS) is 21.1. The van der Waals surface area contributed by atoms with E-state index in [2.05, 4.69) is 201 Å². The first kappa shape index (κ1) is 40.8. The number of rotatable bonds is 2. The first-order valence-corrected chi connectivity index (χ1v) is 23.4. The molecule has 5 aromatic rings. The molecule has 0 unspecified atom stereocenters. The van der Waals surface area contributed by atoms with Crippen LogP contribution in [0.15, 0.2) is 66.7 Å². The molecule has 3 heteroatoms. The number of hydrogen-bond acceptors (Lipinski definition) is 2. The first-order chi connectivity index (χ1) is 28.0. The van der Waals surface area contributed by atoms with Gasteiger partial charge in [0.05, 0.1) is 0 Å².